The van der Waals surface area contributed by atoms with Gasteiger partial charge in [-0.15, -0.1) is 5.10 Å². The van der Waals surface area contributed by atoms with E-state index >= 15 is 0 Å². The molecule has 3 aromatic heterocycles. The molecule has 0 radical (unpaired) electrons. The molecule has 3 heterocycles. The summed E-state index contributed by atoms with van der Waals surface area (Å²) in [7, 11) is 0. The molecule has 0 aliphatic heterocycles. The fourth-order valence-corrected chi connectivity index (χ4v) is 5.78. The summed E-state index contributed by atoms with van der Waals surface area (Å²) in [5.74, 6) is -1.65. The number of rotatable bonds is 9. The van der Waals surface area contributed by atoms with Gasteiger partial charge in [0.05, 0.1) is 50.6 Å². The Morgan fingerprint density at radius 3 is 1.66 bits per heavy atom. The van der Waals surface area contributed by atoms with E-state index in [9.17, 15) is 23.2 Å². The fourth-order valence-electron chi connectivity index (χ4n) is 5.25. The summed E-state index contributed by atoms with van der Waals surface area (Å²) in [4.78, 5) is 35.8. The van der Waals surface area contributed by atoms with Gasteiger partial charge in [0.1, 0.15) is 17.2 Å². The first-order valence-electron chi connectivity index (χ1n) is 17.4. The third-order valence-corrected chi connectivity index (χ3v) is 9.24. The Morgan fingerprint density at radius 2 is 1.12 bits per heavy atom. The molecule has 11 nitrogen and oxygen atoms in total. The van der Waals surface area contributed by atoms with Gasteiger partial charge < -0.3 is 5.73 Å². The number of nitrogen functional groups attached to an aromatic ring is 1. The van der Waals surface area contributed by atoms with Gasteiger partial charge in [-0.2, -0.15) is 10.2 Å². The molecule has 6 rings (SSSR count). The van der Waals surface area contributed by atoms with Crippen LogP contribution in [0, 0.1) is 43.2 Å². The monoisotopic (exact) mass is 824 g/mol. The van der Waals surface area contributed by atoms with Gasteiger partial charge in [-0.25, -0.2) is 22.8 Å². The molecule has 16 heteroatoms. The van der Waals surface area contributed by atoms with E-state index in [1.54, 1.807) is 57.6 Å². The van der Waals surface area contributed by atoms with Gasteiger partial charge >= 0.3 is 0 Å². The largest absolute Gasteiger partial charge is 0.383 e. The van der Waals surface area contributed by atoms with Crippen LogP contribution in [0.5, 0.6) is 0 Å². The summed E-state index contributed by atoms with van der Waals surface area (Å²) in [6, 6.07) is 16.5. The molecule has 0 atom stereocenters. The normalized spacial score (nSPS) is 11.0. The van der Waals surface area contributed by atoms with Crippen molar-refractivity contribution in [3.63, 3.8) is 0 Å². The highest BCUT2D eigenvalue weighted by molar-refractivity contribution is 6.31. The lowest BCUT2D eigenvalue weighted by molar-refractivity contribution is 0.0928. The SMILES string of the molecule is CC(C)C(=O)c1cnn(-c2cccc(Cl)c2F)c1N.Cc1c(C(=O)C(C)C)cnn1-c1cccc(Cl)c1.Cc1c(C(=O)C(C)C)nnn1-c1cccc(Cl)c1F. The number of ketones is 3. The smallest absolute Gasteiger partial charge is 0.187 e. The van der Waals surface area contributed by atoms with Crippen LogP contribution in [-0.2, 0) is 0 Å². The van der Waals surface area contributed by atoms with E-state index in [-0.39, 0.29) is 73.6 Å². The molecule has 56 heavy (non-hydrogen) atoms. The van der Waals surface area contributed by atoms with E-state index in [0.29, 0.717) is 16.3 Å². The van der Waals surface area contributed by atoms with Crippen LogP contribution >= 0.6 is 34.8 Å². The first-order valence-corrected chi connectivity index (χ1v) is 18.6. The molecule has 0 spiro atoms. The van der Waals surface area contributed by atoms with Crippen LogP contribution in [-0.4, -0.2) is 51.9 Å². The van der Waals surface area contributed by atoms with Crippen molar-refractivity contribution in [1.29, 1.82) is 0 Å². The van der Waals surface area contributed by atoms with Gasteiger partial charge in [-0.3, -0.25) is 14.4 Å². The molecule has 0 saturated carbocycles. The molecular weight excluding hydrogens is 785 g/mol. The average molecular weight is 826 g/mol. The molecule has 0 aliphatic carbocycles. The van der Waals surface area contributed by atoms with E-state index in [1.165, 1.54) is 39.8 Å². The minimum atomic E-state index is -0.623. The van der Waals surface area contributed by atoms with Gasteiger partial charge in [0.15, 0.2) is 34.7 Å². The molecule has 0 unspecified atom stereocenters. The topological polar surface area (TPSA) is 144 Å². The highest BCUT2D eigenvalue weighted by Gasteiger charge is 2.23. The van der Waals surface area contributed by atoms with Crippen LogP contribution < -0.4 is 5.73 Å². The molecule has 6 aromatic rings. The number of halogens is 5. The third-order valence-electron chi connectivity index (χ3n) is 8.42. The highest BCUT2D eigenvalue weighted by atomic mass is 35.5. The Bertz CT molecular complexity index is 2270. The number of carbonyl (C=O) groups is 3. The first-order chi connectivity index (χ1) is 26.4. The maximum atomic E-state index is 13.9. The lowest BCUT2D eigenvalue weighted by Crippen LogP contribution is -2.11. The van der Waals surface area contributed by atoms with Gasteiger partial charge in [0.25, 0.3) is 0 Å². The van der Waals surface area contributed by atoms with Crippen LogP contribution in [0.25, 0.3) is 17.1 Å². The Kier molecular flexibility index (Phi) is 14.4. The maximum Gasteiger partial charge on any atom is 0.187 e. The number of hydrogen-bond acceptors (Lipinski definition) is 8. The zero-order valence-corrected chi connectivity index (χ0v) is 34.3. The number of aromatic nitrogens is 7. The number of anilines is 1. The van der Waals surface area contributed by atoms with Gasteiger partial charge in [0, 0.05) is 22.8 Å². The number of hydrogen-bond donors (Lipinski definition) is 1. The number of carbonyl (C=O) groups excluding carboxylic acids is 3. The number of nitrogens with zero attached hydrogens (tertiary/aromatic N) is 7. The predicted octanol–water partition coefficient (Wildman–Crippen LogP) is 9.97. The maximum absolute atomic E-state index is 13.9. The van der Waals surface area contributed by atoms with E-state index < -0.39 is 11.6 Å². The standard InChI is InChI=1S/C14H15ClN2O.2C13H13ClFN3O/c1-9(2)14(18)13-8-16-17(10(13)3)12-6-4-5-11(15)7-12;1-7(2)13(19)12-8(3)18(17-16-12)10-6-4-5-9(14)11(10)15;1-7(2)12(19)8-6-17-18(13(8)16)10-5-3-4-9(14)11(10)15/h4-9H,1-3H3;4-7H,1-3H3;3-7H,16H2,1-2H3. The van der Waals surface area contributed by atoms with E-state index in [4.69, 9.17) is 40.5 Å². The second-order valence-electron chi connectivity index (χ2n) is 13.5. The van der Waals surface area contributed by atoms with Gasteiger partial charge in [-0.1, -0.05) is 99.8 Å². The second kappa shape index (κ2) is 18.6. The van der Waals surface area contributed by atoms with Crippen LogP contribution in [0.4, 0.5) is 14.6 Å². The van der Waals surface area contributed by atoms with Crippen molar-refractivity contribution < 1.29 is 23.2 Å². The van der Waals surface area contributed by atoms with Crippen molar-refractivity contribution in [2.75, 3.05) is 5.73 Å². The quantitative estimate of drug-likeness (QED) is 0.142. The number of benzene rings is 3. The minimum absolute atomic E-state index is 0.00383. The highest BCUT2D eigenvalue weighted by Crippen LogP contribution is 2.26. The Morgan fingerprint density at radius 1 is 0.643 bits per heavy atom. The Labute approximate surface area is 338 Å². The third kappa shape index (κ3) is 9.58. The van der Waals surface area contributed by atoms with E-state index in [2.05, 4.69) is 20.5 Å². The first kappa shape index (κ1) is 43.5. The summed E-state index contributed by atoms with van der Waals surface area (Å²) in [5.41, 5.74) is 9.59. The summed E-state index contributed by atoms with van der Waals surface area (Å²) in [6.45, 7) is 14.4. The summed E-state index contributed by atoms with van der Waals surface area (Å²) in [5, 5.41) is 16.5. The lowest BCUT2D eigenvalue weighted by atomic mass is 10.0. The van der Waals surface area contributed by atoms with Crippen LogP contribution in [0.3, 0.4) is 0 Å². The molecular formula is C40H41Cl3F2N8O3. The molecule has 0 saturated heterocycles. The van der Waals surface area contributed by atoms with Crippen molar-refractivity contribution in [2.24, 2.45) is 17.8 Å². The van der Waals surface area contributed by atoms with E-state index in [1.807, 2.05) is 45.0 Å². The predicted molar refractivity (Wildman–Crippen MR) is 215 cm³/mol. The van der Waals surface area contributed by atoms with Gasteiger partial charge in [0.2, 0.25) is 0 Å². The molecule has 0 aliphatic rings. The molecule has 3 aromatic carbocycles. The van der Waals surface area contributed by atoms with Crippen molar-refractivity contribution in [3.8, 4) is 17.1 Å². The van der Waals surface area contributed by atoms with E-state index in [0.717, 1.165) is 11.4 Å². The molecule has 294 valence electrons. The Balaban J connectivity index is 0.000000187. The summed E-state index contributed by atoms with van der Waals surface area (Å²) in [6.07, 6.45) is 2.97. The number of Topliss-reactive ketones (excluding diaryl/α,β-unsaturated/α-hetero) is 3. The Hall–Kier alpha value is -5.24. The lowest BCUT2D eigenvalue weighted by Gasteiger charge is -2.07. The fraction of sp³-hybridized carbons (Fsp3) is 0.275. The van der Waals surface area contributed by atoms with Crippen molar-refractivity contribution >= 4 is 58.0 Å². The van der Waals surface area contributed by atoms with Crippen LogP contribution in [0.15, 0.2) is 73.1 Å². The van der Waals surface area contributed by atoms with Crippen molar-refractivity contribution in [2.45, 2.75) is 55.4 Å². The minimum Gasteiger partial charge on any atom is -0.383 e. The molecule has 0 bridgehead atoms. The average Bonchev–Trinajstić information content (AvgIpc) is 3.85. The van der Waals surface area contributed by atoms with Crippen LogP contribution in [0.1, 0.15) is 84.1 Å². The number of nitrogens with two attached hydrogens (primary N) is 1. The zero-order valence-electron chi connectivity index (χ0n) is 32.0. The van der Waals surface area contributed by atoms with Crippen molar-refractivity contribution in [3.05, 3.63) is 128 Å². The molecule has 0 amide bonds. The van der Waals surface area contributed by atoms with Gasteiger partial charge in [-0.05, 0) is 56.3 Å². The van der Waals surface area contributed by atoms with Crippen LogP contribution in [0.2, 0.25) is 15.1 Å². The summed E-state index contributed by atoms with van der Waals surface area (Å²) < 4.78 is 32.0. The zero-order chi connectivity index (χ0) is 41.6. The summed E-state index contributed by atoms with van der Waals surface area (Å²) >= 11 is 17.4. The second-order valence-corrected chi connectivity index (χ2v) is 14.8. The van der Waals surface area contributed by atoms with Crippen molar-refractivity contribution in [1.82, 2.24) is 34.6 Å². The molecule has 2 N–H and O–H groups in total. The molecule has 0 fully saturated rings.